The fourth-order valence-electron chi connectivity index (χ4n) is 2.65. The van der Waals surface area contributed by atoms with Gasteiger partial charge in [0.15, 0.2) is 17.5 Å². The molecular weight excluding hydrogens is 241 g/mol. The number of benzene rings is 1. The van der Waals surface area contributed by atoms with Crippen LogP contribution in [0.25, 0.3) is 0 Å². The van der Waals surface area contributed by atoms with Gasteiger partial charge in [-0.25, -0.2) is 13.2 Å². The summed E-state index contributed by atoms with van der Waals surface area (Å²) in [6.45, 7) is 0. The number of aliphatic hydroxyl groups is 1. The summed E-state index contributed by atoms with van der Waals surface area (Å²) in [7, 11) is 0. The summed E-state index contributed by atoms with van der Waals surface area (Å²) >= 11 is 0. The molecule has 0 aliphatic heterocycles. The van der Waals surface area contributed by atoms with E-state index in [9.17, 15) is 18.3 Å². The van der Waals surface area contributed by atoms with Crippen LogP contribution >= 0.6 is 0 Å². The minimum absolute atomic E-state index is 0.146. The average Bonchev–Trinajstić information content (AvgIpc) is 2.86. The molecule has 100 valence electrons. The second-order valence-corrected chi connectivity index (χ2v) is 5.01. The maximum atomic E-state index is 13.4. The minimum Gasteiger partial charge on any atom is -0.388 e. The van der Waals surface area contributed by atoms with Crippen molar-refractivity contribution in [2.45, 2.75) is 44.6 Å². The van der Waals surface area contributed by atoms with Gasteiger partial charge >= 0.3 is 0 Å². The molecule has 1 fully saturated rings. The molecule has 2 rings (SSSR count). The largest absolute Gasteiger partial charge is 0.388 e. The second-order valence-electron chi connectivity index (χ2n) is 5.01. The summed E-state index contributed by atoms with van der Waals surface area (Å²) < 4.78 is 39.2. The van der Waals surface area contributed by atoms with Crippen molar-refractivity contribution in [1.82, 2.24) is 0 Å². The molecule has 1 atom stereocenters. The summed E-state index contributed by atoms with van der Waals surface area (Å²) in [5, 5.41) is 9.85. The molecule has 1 aliphatic carbocycles. The highest BCUT2D eigenvalue weighted by atomic mass is 19.2. The minimum atomic E-state index is -1.51. The topological polar surface area (TPSA) is 20.2 Å². The van der Waals surface area contributed by atoms with Crippen LogP contribution in [0.3, 0.4) is 0 Å². The highest BCUT2D eigenvalue weighted by Gasteiger charge is 2.21. The maximum absolute atomic E-state index is 13.4. The van der Waals surface area contributed by atoms with E-state index in [4.69, 9.17) is 0 Å². The van der Waals surface area contributed by atoms with Crippen molar-refractivity contribution in [3.05, 3.63) is 35.1 Å². The van der Waals surface area contributed by atoms with Crippen LogP contribution in [0.5, 0.6) is 0 Å². The van der Waals surface area contributed by atoms with Gasteiger partial charge in [-0.3, -0.25) is 0 Å². The van der Waals surface area contributed by atoms with Crippen molar-refractivity contribution in [3.63, 3.8) is 0 Å². The fourth-order valence-corrected chi connectivity index (χ4v) is 2.65. The first-order chi connectivity index (χ1) is 8.59. The first-order valence-electron chi connectivity index (χ1n) is 6.41. The summed E-state index contributed by atoms with van der Waals surface area (Å²) in [6, 6.07) is 1.97. The summed E-state index contributed by atoms with van der Waals surface area (Å²) in [4.78, 5) is 0. The molecule has 0 heterocycles. The van der Waals surface area contributed by atoms with E-state index in [0.717, 1.165) is 31.4 Å². The zero-order chi connectivity index (χ0) is 13.1. The zero-order valence-corrected chi connectivity index (χ0v) is 10.1. The van der Waals surface area contributed by atoms with Gasteiger partial charge in [0.1, 0.15) is 0 Å². The molecule has 1 aliphatic rings. The van der Waals surface area contributed by atoms with Crippen LogP contribution in [-0.4, -0.2) is 5.11 Å². The van der Waals surface area contributed by atoms with Gasteiger partial charge in [-0.15, -0.1) is 0 Å². The normalized spacial score (nSPS) is 18.2. The molecule has 1 saturated carbocycles. The Morgan fingerprint density at radius 3 is 2.44 bits per heavy atom. The first kappa shape index (κ1) is 13.4. The Balaban J connectivity index is 1.99. The van der Waals surface area contributed by atoms with Crippen LogP contribution in [-0.2, 0) is 0 Å². The third-order valence-electron chi connectivity index (χ3n) is 3.75. The van der Waals surface area contributed by atoms with E-state index in [0.29, 0.717) is 12.3 Å². The Hall–Kier alpha value is -1.03. The standard InChI is InChI=1S/C14H17F3O/c15-11-7-6-10(13(16)14(11)17)12(18)8-5-9-3-1-2-4-9/h6-7,9,12,18H,1-5,8H2. The monoisotopic (exact) mass is 258 g/mol. The summed E-state index contributed by atoms with van der Waals surface area (Å²) in [5.41, 5.74) is -0.146. The summed E-state index contributed by atoms with van der Waals surface area (Å²) in [5.74, 6) is -3.42. The van der Waals surface area contributed by atoms with Gasteiger partial charge in [0, 0.05) is 5.56 Å². The van der Waals surface area contributed by atoms with Crippen LogP contribution in [0.15, 0.2) is 12.1 Å². The third kappa shape index (κ3) is 2.86. The Labute approximate surface area is 105 Å². The van der Waals surface area contributed by atoms with Crippen LogP contribution in [0.2, 0.25) is 0 Å². The molecule has 4 heteroatoms. The smallest absolute Gasteiger partial charge is 0.194 e. The molecule has 0 aromatic heterocycles. The SMILES string of the molecule is OC(CCC1CCCC1)c1ccc(F)c(F)c1F. The molecule has 0 amide bonds. The molecule has 0 saturated heterocycles. The Kier molecular flexibility index (Phi) is 4.27. The molecule has 0 spiro atoms. The van der Waals surface area contributed by atoms with Gasteiger partial charge in [-0.1, -0.05) is 31.7 Å². The molecular formula is C14H17F3O. The fraction of sp³-hybridized carbons (Fsp3) is 0.571. The van der Waals surface area contributed by atoms with Crippen molar-refractivity contribution in [1.29, 1.82) is 0 Å². The third-order valence-corrected chi connectivity index (χ3v) is 3.75. The van der Waals surface area contributed by atoms with E-state index >= 15 is 0 Å². The van der Waals surface area contributed by atoms with Gasteiger partial charge < -0.3 is 5.11 Å². The predicted octanol–water partition coefficient (Wildman–Crippen LogP) is 4.11. The molecule has 18 heavy (non-hydrogen) atoms. The van der Waals surface area contributed by atoms with Gasteiger partial charge in [0.25, 0.3) is 0 Å². The average molecular weight is 258 g/mol. The lowest BCUT2D eigenvalue weighted by molar-refractivity contribution is 0.151. The number of hydrogen-bond acceptors (Lipinski definition) is 1. The molecule has 1 aromatic carbocycles. The second kappa shape index (κ2) is 5.74. The number of aliphatic hydroxyl groups excluding tert-OH is 1. The van der Waals surface area contributed by atoms with Crippen LogP contribution in [0.1, 0.15) is 50.2 Å². The number of halogens is 3. The lowest BCUT2D eigenvalue weighted by atomic mass is 9.96. The molecule has 0 radical (unpaired) electrons. The summed E-state index contributed by atoms with van der Waals surface area (Å²) in [6.07, 6.45) is 4.85. The van der Waals surface area contributed by atoms with E-state index in [2.05, 4.69) is 0 Å². The van der Waals surface area contributed by atoms with Gasteiger partial charge in [0.2, 0.25) is 0 Å². The van der Waals surface area contributed by atoms with E-state index in [-0.39, 0.29) is 5.56 Å². The number of rotatable bonds is 4. The van der Waals surface area contributed by atoms with Crippen molar-refractivity contribution >= 4 is 0 Å². The molecule has 1 nitrogen and oxygen atoms in total. The zero-order valence-electron chi connectivity index (χ0n) is 10.1. The van der Waals surface area contributed by atoms with E-state index in [1.165, 1.54) is 12.8 Å². The van der Waals surface area contributed by atoms with Gasteiger partial charge in [-0.2, -0.15) is 0 Å². The van der Waals surface area contributed by atoms with Crippen molar-refractivity contribution in [3.8, 4) is 0 Å². The first-order valence-corrected chi connectivity index (χ1v) is 6.41. The number of hydrogen-bond donors (Lipinski definition) is 1. The van der Waals surface area contributed by atoms with E-state index < -0.39 is 23.6 Å². The van der Waals surface area contributed by atoms with E-state index in [1.54, 1.807) is 0 Å². The molecule has 1 unspecified atom stereocenters. The Bertz CT molecular complexity index is 414. The lowest BCUT2D eigenvalue weighted by Gasteiger charge is -2.15. The molecule has 1 aromatic rings. The highest BCUT2D eigenvalue weighted by molar-refractivity contribution is 5.22. The van der Waals surface area contributed by atoms with Crippen LogP contribution in [0.4, 0.5) is 13.2 Å². The quantitative estimate of drug-likeness (QED) is 0.806. The molecule has 1 N–H and O–H groups in total. The Morgan fingerprint density at radius 1 is 1.11 bits per heavy atom. The van der Waals surface area contributed by atoms with E-state index in [1.807, 2.05) is 0 Å². The van der Waals surface area contributed by atoms with Crippen molar-refractivity contribution in [2.75, 3.05) is 0 Å². The Morgan fingerprint density at radius 2 is 1.78 bits per heavy atom. The van der Waals surface area contributed by atoms with Gasteiger partial charge in [0.05, 0.1) is 6.10 Å². The van der Waals surface area contributed by atoms with Crippen molar-refractivity contribution in [2.24, 2.45) is 5.92 Å². The lowest BCUT2D eigenvalue weighted by Crippen LogP contribution is -2.06. The van der Waals surface area contributed by atoms with Crippen LogP contribution < -0.4 is 0 Å². The van der Waals surface area contributed by atoms with Gasteiger partial charge in [-0.05, 0) is 24.8 Å². The highest BCUT2D eigenvalue weighted by Crippen LogP contribution is 2.32. The van der Waals surface area contributed by atoms with Crippen LogP contribution in [0, 0.1) is 23.4 Å². The molecule has 0 bridgehead atoms. The predicted molar refractivity (Wildman–Crippen MR) is 62.5 cm³/mol. The van der Waals surface area contributed by atoms with Crippen molar-refractivity contribution < 1.29 is 18.3 Å². The maximum Gasteiger partial charge on any atom is 0.194 e.